The summed E-state index contributed by atoms with van der Waals surface area (Å²) in [5.74, 6) is 0.767. The van der Waals surface area contributed by atoms with Crippen LogP contribution < -0.4 is 11.1 Å². The third-order valence-electron chi connectivity index (χ3n) is 2.74. The first kappa shape index (κ1) is 12.2. The molecule has 0 spiro atoms. The van der Waals surface area contributed by atoms with Crippen molar-refractivity contribution in [3.8, 4) is 0 Å². The summed E-state index contributed by atoms with van der Waals surface area (Å²) < 4.78 is 5.17. The number of aryl methyl sites for hydroxylation is 2. The molecule has 0 saturated carbocycles. The lowest BCUT2D eigenvalue weighted by atomic mass is 10.2. The van der Waals surface area contributed by atoms with E-state index < -0.39 is 0 Å². The fourth-order valence-corrected chi connectivity index (χ4v) is 1.63. The predicted octanol–water partition coefficient (Wildman–Crippen LogP) is 2.74. The smallest absolute Gasteiger partial charge is 0.224 e. The van der Waals surface area contributed by atoms with Crippen LogP contribution >= 0.6 is 0 Å². The summed E-state index contributed by atoms with van der Waals surface area (Å²) >= 11 is 0. The van der Waals surface area contributed by atoms with Crippen LogP contribution in [0.25, 0.3) is 0 Å². The summed E-state index contributed by atoms with van der Waals surface area (Å²) in [7, 11) is 0. The van der Waals surface area contributed by atoms with Crippen molar-refractivity contribution in [1.82, 2.24) is 0 Å². The standard InChI is InChI=1S/C14H16N2O2/c1-10-4-5-11(9-13(10)15)16-14(17)7-6-12-3-2-8-18-12/h2-5,8-9H,6-7,15H2,1H3,(H,16,17). The molecule has 1 amide bonds. The molecule has 0 saturated heterocycles. The van der Waals surface area contributed by atoms with E-state index in [2.05, 4.69) is 5.32 Å². The van der Waals surface area contributed by atoms with Gasteiger partial charge in [0.2, 0.25) is 5.91 Å². The molecule has 18 heavy (non-hydrogen) atoms. The highest BCUT2D eigenvalue weighted by Gasteiger charge is 2.05. The van der Waals surface area contributed by atoms with Crippen LogP contribution in [0.3, 0.4) is 0 Å². The number of hydrogen-bond donors (Lipinski definition) is 2. The maximum atomic E-state index is 11.7. The lowest BCUT2D eigenvalue weighted by Crippen LogP contribution is -2.12. The van der Waals surface area contributed by atoms with Crippen molar-refractivity contribution in [1.29, 1.82) is 0 Å². The molecular formula is C14H16N2O2. The van der Waals surface area contributed by atoms with Crippen LogP contribution in [-0.2, 0) is 11.2 Å². The zero-order valence-corrected chi connectivity index (χ0v) is 10.3. The van der Waals surface area contributed by atoms with Crippen LogP contribution in [0.1, 0.15) is 17.7 Å². The van der Waals surface area contributed by atoms with Crippen molar-refractivity contribution in [2.24, 2.45) is 0 Å². The van der Waals surface area contributed by atoms with Gasteiger partial charge in [0, 0.05) is 24.2 Å². The number of furan rings is 1. The Kier molecular flexibility index (Phi) is 3.67. The highest BCUT2D eigenvalue weighted by atomic mass is 16.3. The van der Waals surface area contributed by atoms with Crippen LogP contribution in [0.5, 0.6) is 0 Å². The van der Waals surface area contributed by atoms with E-state index in [0.29, 0.717) is 18.5 Å². The van der Waals surface area contributed by atoms with Crippen molar-refractivity contribution < 1.29 is 9.21 Å². The molecule has 0 radical (unpaired) electrons. The van der Waals surface area contributed by atoms with E-state index in [0.717, 1.165) is 17.0 Å². The predicted molar refractivity (Wildman–Crippen MR) is 71.3 cm³/mol. The van der Waals surface area contributed by atoms with Crippen LogP contribution in [0.15, 0.2) is 41.0 Å². The Morgan fingerprint density at radius 2 is 2.22 bits per heavy atom. The highest BCUT2D eigenvalue weighted by molar-refractivity contribution is 5.91. The number of carbonyl (C=O) groups is 1. The quantitative estimate of drug-likeness (QED) is 0.812. The van der Waals surface area contributed by atoms with Crippen LogP contribution in [0, 0.1) is 6.92 Å². The first-order chi connectivity index (χ1) is 8.65. The molecule has 4 heteroatoms. The number of anilines is 2. The summed E-state index contributed by atoms with van der Waals surface area (Å²) in [6.45, 7) is 1.93. The highest BCUT2D eigenvalue weighted by Crippen LogP contribution is 2.17. The molecule has 0 aliphatic carbocycles. The third kappa shape index (κ3) is 3.13. The van der Waals surface area contributed by atoms with E-state index in [4.69, 9.17) is 10.2 Å². The lowest BCUT2D eigenvalue weighted by molar-refractivity contribution is -0.116. The third-order valence-corrected chi connectivity index (χ3v) is 2.74. The molecular weight excluding hydrogens is 228 g/mol. The van der Waals surface area contributed by atoms with Gasteiger partial charge in [0.1, 0.15) is 5.76 Å². The van der Waals surface area contributed by atoms with Crippen LogP contribution in [-0.4, -0.2) is 5.91 Å². The number of nitrogen functional groups attached to an aromatic ring is 1. The van der Waals surface area contributed by atoms with Gasteiger partial charge in [0.05, 0.1) is 6.26 Å². The molecule has 1 aromatic carbocycles. The van der Waals surface area contributed by atoms with E-state index in [9.17, 15) is 4.79 Å². The number of amides is 1. The fraction of sp³-hybridized carbons (Fsp3) is 0.214. The minimum Gasteiger partial charge on any atom is -0.469 e. The molecule has 0 atom stereocenters. The SMILES string of the molecule is Cc1ccc(NC(=O)CCc2ccco2)cc1N. The summed E-state index contributed by atoms with van der Waals surface area (Å²) in [5, 5.41) is 2.81. The molecule has 0 fully saturated rings. The van der Waals surface area contributed by atoms with Gasteiger partial charge in [-0.2, -0.15) is 0 Å². The summed E-state index contributed by atoms with van der Waals surface area (Å²) in [4.78, 5) is 11.7. The second-order valence-corrected chi connectivity index (χ2v) is 4.20. The monoisotopic (exact) mass is 244 g/mol. The van der Waals surface area contributed by atoms with Crippen molar-refractivity contribution in [2.45, 2.75) is 19.8 Å². The zero-order chi connectivity index (χ0) is 13.0. The number of nitrogens with two attached hydrogens (primary N) is 1. The Balaban J connectivity index is 1.88. The molecule has 94 valence electrons. The summed E-state index contributed by atoms with van der Waals surface area (Å²) in [6, 6.07) is 9.17. The number of carbonyl (C=O) groups excluding carboxylic acids is 1. The van der Waals surface area contributed by atoms with Gasteiger partial charge >= 0.3 is 0 Å². The van der Waals surface area contributed by atoms with Crippen molar-refractivity contribution >= 4 is 17.3 Å². The first-order valence-corrected chi connectivity index (χ1v) is 5.83. The molecule has 2 rings (SSSR count). The Labute approximate surface area is 106 Å². The maximum Gasteiger partial charge on any atom is 0.224 e. The van der Waals surface area contributed by atoms with E-state index >= 15 is 0 Å². The minimum atomic E-state index is -0.0466. The summed E-state index contributed by atoms with van der Waals surface area (Å²) in [5.41, 5.74) is 8.19. The van der Waals surface area contributed by atoms with Gasteiger partial charge in [-0.25, -0.2) is 0 Å². The Morgan fingerprint density at radius 1 is 1.39 bits per heavy atom. The molecule has 0 bridgehead atoms. The topological polar surface area (TPSA) is 68.3 Å². The normalized spacial score (nSPS) is 10.3. The lowest BCUT2D eigenvalue weighted by Gasteiger charge is -2.07. The van der Waals surface area contributed by atoms with Gasteiger partial charge in [-0.1, -0.05) is 6.07 Å². The molecule has 0 aliphatic heterocycles. The van der Waals surface area contributed by atoms with Gasteiger partial charge in [0.25, 0.3) is 0 Å². The van der Waals surface area contributed by atoms with E-state index in [-0.39, 0.29) is 5.91 Å². The molecule has 4 nitrogen and oxygen atoms in total. The van der Waals surface area contributed by atoms with Gasteiger partial charge < -0.3 is 15.5 Å². The average Bonchev–Trinajstić information content (AvgIpc) is 2.84. The van der Waals surface area contributed by atoms with E-state index in [1.807, 2.05) is 31.2 Å². The van der Waals surface area contributed by atoms with E-state index in [1.54, 1.807) is 12.3 Å². The first-order valence-electron chi connectivity index (χ1n) is 5.83. The number of nitrogens with one attached hydrogen (secondary N) is 1. The van der Waals surface area contributed by atoms with Crippen LogP contribution in [0.2, 0.25) is 0 Å². The Morgan fingerprint density at radius 3 is 2.89 bits per heavy atom. The van der Waals surface area contributed by atoms with Crippen molar-refractivity contribution in [3.63, 3.8) is 0 Å². The van der Waals surface area contributed by atoms with Gasteiger partial charge in [-0.3, -0.25) is 4.79 Å². The maximum absolute atomic E-state index is 11.7. The number of rotatable bonds is 4. The largest absolute Gasteiger partial charge is 0.469 e. The second-order valence-electron chi connectivity index (χ2n) is 4.20. The zero-order valence-electron chi connectivity index (χ0n) is 10.3. The van der Waals surface area contributed by atoms with Crippen LogP contribution in [0.4, 0.5) is 11.4 Å². The van der Waals surface area contributed by atoms with Gasteiger partial charge in [0.15, 0.2) is 0 Å². The molecule has 3 N–H and O–H groups in total. The molecule has 1 aromatic heterocycles. The number of hydrogen-bond acceptors (Lipinski definition) is 3. The van der Waals surface area contributed by atoms with Crippen molar-refractivity contribution in [3.05, 3.63) is 47.9 Å². The van der Waals surface area contributed by atoms with Crippen molar-refractivity contribution in [2.75, 3.05) is 11.1 Å². The Bertz CT molecular complexity index is 533. The fourth-order valence-electron chi connectivity index (χ4n) is 1.63. The van der Waals surface area contributed by atoms with Gasteiger partial charge in [-0.15, -0.1) is 0 Å². The molecule has 0 aliphatic rings. The molecule has 2 aromatic rings. The average molecular weight is 244 g/mol. The molecule has 1 heterocycles. The van der Waals surface area contributed by atoms with Gasteiger partial charge in [-0.05, 0) is 36.8 Å². The number of benzene rings is 1. The molecule has 0 unspecified atom stereocenters. The summed E-state index contributed by atoms with van der Waals surface area (Å²) in [6.07, 6.45) is 2.59. The Hall–Kier alpha value is -2.23. The second kappa shape index (κ2) is 5.40. The van der Waals surface area contributed by atoms with E-state index in [1.165, 1.54) is 0 Å². The minimum absolute atomic E-state index is 0.0466.